The first-order valence-corrected chi connectivity index (χ1v) is 6.80. The van der Waals surface area contributed by atoms with E-state index in [2.05, 4.69) is 4.98 Å². The number of nitrogens with zero attached hydrogens (tertiary/aromatic N) is 1. The van der Waals surface area contributed by atoms with E-state index in [1.54, 1.807) is 6.20 Å². The van der Waals surface area contributed by atoms with Crippen molar-refractivity contribution in [3.63, 3.8) is 0 Å². The molecule has 4 nitrogen and oxygen atoms in total. The van der Waals surface area contributed by atoms with Gasteiger partial charge in [0.25, 0.3) is 0 Å². The smallest absolute Gasteiger partial charge is 0.315 e. The van der Waals surface area contributed by atoms with Gasteiger partial charge in [0.05, 0.1) is 5.01 Å². The van der Waals surface area contributed by atoms with Crippen molar-refractivity contribution in [3.8, 4) is 0 Å². The Balaban J connectivity index is 2.43. The quantitative estimate of drug-likeness (QED) is 0.875. The summed E-state index contributed by atoms with van der Waals surface area (Å²) in [6, 6.07) is 9.16. The third kappa shape index (κ3) is 2.67. The molecule has 2 aromatic rings. The zero-order valence-electron chi connectivity index (χ0n) is 10.7. The number of carboxylic acid groups (broad SMARTS) is 1. The summed E-state index contributed by atoms with van der Waals surface area (Å²) in [6.07, 6.45) is 2.10. The highest BCUT2D eigenvalue weighted by molar-refractivity contribution is 7.11. The maximum Gasteiger partial charge on any atom is 0.315 e. The minimum absolute atomic E-state index is 0.0588. The highest BCUT2D eigenvalue weighted by Gasteiger charge is 2.39. The van der Waals surface area contributed by atoms with Gasteiger partial charge in [0, 0.05) is 24.0 Å². The molecule has 0 aliphatic carbocycles. The molecule has 19 heavy (non-hydrogen) atoms. The van der Waals surface area contributed by atoms with Crippen molar-refractivity contribution in [1.29, 1.82) is 0 Å². The largest absolute Gasteiger partial charge is 0.481 e. The summed E-state index contributed by atoms with van der Waals surface area (Å²) in [6.45, 7) is 1.96. The van der Waals surface area contributed by atoms with Gasteiger partial charge in [-0.1, -0.05) is 30.3 Å². The number of carboxylic acids is 1. The summed E-state index contributed by atoms with van der Waals surface area (Å²) in [5, 5.41) is 10.6. The van der Waals surface area contributed by atoms with Crippen LogP contribution in [-0.2, 0) is 16.6 Å². The Kier molecular flexibility index (Phi) is 3.97. The number of benzene rings is 1. The molecular weight excluding hydrogens is 260 g/mol. The number of thiazole rings is 1. The van der Waals surface area contributed by atoms with Crippen LogP contribution >= 0.6 is 11.3 Å². The third-order valence-electron chi connectivity index (χ3n) is 3.23. The van der Waals surface area contributed by atoms with E-state index in [9.17, 15) is 9.90 Å². The monoisotopic (exact) mass is 276 g/mol. The molecule has 0 amide bonds. The van der Waals surface area contributed by atoms with Crippen molar-refractivity contribution in [2.45, 2.75) is 18.8 Å². The molecular formula is C14H16N2O2S. The lowest BCUT2D eigenvalue weighted by molar-refractivity contribution is -0.143. The fourth-order valence-corrected chi connectivity index (χ4v) is 3.03. The summed E-state index contributed by atoms with van der Waals surface area (Å²) in [7, 11) is 0. The topological polar surface area (TPSA) is 76.2 Å². The van der Waals surface area contributed by atoms with Gasteiger partial charge in [-0.15, -0.1) is 11.3 Å². The van der Waals surface area contributed by atoms with Gasteiger partial charge in [0.1, 0.15) is 5.41 Å². The SMILES string of the molecule is Cc1ncc(CC(CN)(C(=O)O)c2ccccc2)s1. The first-order valence-electron chi connectivity index (χ1n) is 5.99. The van der Waals surface area contributed by atoms with E-state index in [-0.39, 0.29) is 6.54 Å². The molecule has 1 heterocycles. The van der Waals surface area contributed by atoms with E-state index in [4.69, 9.17) is 5.73 Å². The fourth-order valence-electron chi connectivity index (χ4n) is 2.12. The lowest BCUT2D eigenvalue weighted by Crippen LogP contribution is -2.44. The van der Waals surface area contributed by atoms with E-state index in [1.807, 2.05) is 37.3 Å². The predicted molar refractivity (Wildman–Crippen MR) is 75.4 cm³/mol. The number of carbonyl (C=O) groups is 1. The van der Waals surface area contributed by atoms with Crippen molar-refractivity contribution in [2.75, 3.05) is 6.54 Å². The zero-order valence-corrected chi connectivity index (χ0v) is 11.5. The molecule has 1 unspecified atom stereocenters. The third-order valence-corrected chi connectivity index (χ3v) is 4.14. The van der Waals surface area contributed by atoms with Crippen molar-refractivity contribution in [2.24, 2.45) is 5.73 Å². The standard InChI is InChI=1S/C14H16N2O2S/c1-10-16-8-12(19-10)7-14(9-15,13(17)18)11-5-3-2-4-6-11/h2-6,8H,7,9,15H2,1H3,(H,17,18). The summed E-state index contributed by atoms with van der Waals surface area (Å²) < 4.78 is 0. The number of hydrogen-bond acceptors (Lipinski definition) is 4. The molecule has 0 spiro atoms. The second kappa shape index (κ2) is 5.50. The van der Waals surface area contributed by atoms with Crippen molar-refractivity contribution >= 4 is 17.3 Å². The Hall–Kier alpha value is -1.72. The van der Waals surface area contributed by atoms with Gasteiger partial charge < -0.3 is 10.8 Å². The zero-order chi connectivity index (χ0) is 13.9. The van der Waals surface area contributed by atoms with E-state index in [0.29, 0.717) is 6.42 Å². The molecule has 0 saturated carbocycles. The first kappa shape index (κ1) is 13.7. The minimum atomic E-state index is -1.08. The van der Waals surface area contributed by atoms with Gasteiger partial charge >= 0.3 is 5.97 Å². The van der Waals surface area contributed by atoms with Crippen LogP contribution in [0.15, 0.2) is 36.5 Å². The molecule has 0 aliphatic heterocycles. The summed E-state index contributed by atoms with van der Waals surface area (Å²) >= 11 is 1.51. The van der Waals surface area contributed by atoms with Gasteiger partial charge in [0.2, 0.25) is 0 Å². The molecule has 0 aliphatic rings. The van der Waals surface area contributed by atoms with Crippen LogP contribution < -0.4 is 5.73 Å². The van der Waals surface area contributed by atoms with Gasteiger partial charge in [0.15, 0.2) is 0 Å². The molecule has 0 radical (unpaired) electrons. The van der Waals surface area contributed by atoms with Crippen LogP contribution in [0.2, 0.25) is 0 Å². The lowest BCUT2D eigenvalue weighted by Gasteiger charge is -2.27. The van der Waals surface area contributed by atoms with Gasteiger partial charge in [-0.25, -0.2) is 4.98 Å². The molecule has 0 bridgehead atoms. The number of aromatic nitrogens is 1. The molecule has 2 rings (SSSR count). The van der Waals surface area contributed by atoms with Crippen LogP contribution in [-0.4, -0.2) is 22.6 Å². The molecule has 0 fully saturated rings. The van der Waals surface area contributed by atoms with Gasteiger partial charge in [-0.05, 0) is 12.5 Å². The molecule has 1 aromatic heterocycles. The summed E-state index contributed by atoms with van der Waals surface area (Å²) in [5.74, 6) is -0.896. The Morgan fingerprint density at radius 2 is 2.11 bits per heavy atom. The molecule has 1 atom stereocenters. The lowest BCUT2D eigenvalue weighted by atomic mass is 9.77. The Bertz CT molecular complexity index is 568. The predicted octanol–water partition coefficient (Wildman–Crippen LogP) is 1.98. The Morgan fingerprint density at radius 3 is 2.58 bits per heavy atom. The first-order chi connectivity index (χ1) is 9.08. The molecule has 0 saturated heterocycles. The summed E-state index contributed by atoms with van der Waals surface area (Å²) in [4.78, 5) is 16.9. The van der Waals surface area contributed by atoms with Gasteiger partial charge in [-0.2, -0.15) is 0 Å². The van der Waals surface area contributed by atoms with Crippen molar-refractivity contribution in [1.82, 2.24) is 4.98 Å². The number of nitrogens with two attached hydrogens (primary N) is 1. The number of aliphatic carboxylic acids is 1. The average Bonchev–Trinajstić information content (AvgIpc) is 2.82. The summed E-state index contributed by atoms with van der Waals surface area (Å²) in [5.41, 5.74) is 5.45. The van der Waals surface area contributed by atoms with Crippen LogP contribution in [0.25, 0.3) is 0 Å². The number of rotatable bonds is 5. The molecule has 3 N–H and O–H groups in total. The molecule has 100 valence electrons. The van der Waals surface area contributed by atoms with E-state index in [0.717, 1.165) is 15.4 Å². The van der Waals surface area contributed by atoms with E-state index < -0.39 is 11.4 Å². The van der Waals surface area contributed by atoms with Crippen LogP contribution in [0, 0.1) is 6.92 Å². The van der Waals surface area contributed by atoms with Crippen molar-refractivity contribution in [3.05, 3.63) is 52.0 Å². The van der Waals surface area contributed by atoms with Crippen LogP contribution in [0.5, 0.6) is 0 Å². The minimum Gasteiger partial charge on any atom is -0.481 e. The highest BCUT2D eigenvalue weighted by Crippen LogP contribution is 2.30. The second-order valence-electron chi connectivity index (χ2n) is 4.48. The maximum atomic E-state index is 11.8. The van der Waals surface area contributed by atoms with Crippen molar-refractivity contribution < 1.29 is 9.90 Å². The van der Waals surface area contributed by atoms with Crippen LogP contribution in [0.1, 0.15) is 15.4 Å². The average molecular weight is 276 g/mol. The number of aryl methyl sites for hydroxylation is 1. The van der Waals surface area contributed by atoms with Crippen LogP contribution in [0.4, 0.5) is 0 Å². The van der Waals surface area contributed by atoms with Gasteiger partial charge in [-0.3, -0.25) is 4.79 Å². The van der Waals surface area contributed by atoms with Crippen LogP contribution in [0.3, 0.4) is 0 Å². The van der Waals surface area contributed by atoms with E-state index in [1.165, 1.54) is 11.3 Å². The van der Waals surface area contributed by atoms with E-state index >= 15 is 0 Å². The number of hydrogen-bond donors (Lipinski definition) is 2. The Morgan fingerprint density at radius 1 is 1.42 bits per heavy atom. The highest BCUT2D eigenvalue weighted by atomic mass is 32.1. The maximum absolute atomic E-state index is 11.8. The molecule has 5 heteroatoms. The second-order valence-corrected chi connectivity index (χ2v) is 5.80. The fraction of sp³-hybridized carbons (Fsp3) is 0.286. The normalized spacial score (nSPS) is 14.0. The Labute approximate surface area is 115 Å². The molecule has 1 aromatic carbocycles.